The number of carbonyl (C=O) groups is 2. The molecule has 1 saturated heterocycles. The van der Waals surface area contributed by atoms with Crippen molar-refractivity contribution in [2.75, 3.05) is 33.3 Å². The molecule has 0 spiro atoms. The van der Waals surface area contributed by atoms with E-state index in [1.54, 1.807) is 0 Å². The predicted octanol–water partition coefficient (Wildman–Crippen LogP) is 1.60. The first kappa shape index (κ1) is 19.0. The third kappa shape index (κ3) is 5.37. The molecule has 0 atom stereocenters. The Morgan fingerprint density at radius 3 is 2.70 bits per heavy atom. The summed E-state index contributed by atoms with van der Waals surface area (Å²) in [6.07, 6.45) is 2.20. The van der Waals surface area contributed by atoms with Gasteiger partial charge in [-0.1, -0.05) is 35.5 Å². The van der Waals surface area contributed by atoms with Crippen LogP contribution >= 0.6 is 0 Å². The zero-order chi connectivity index (χ0) is 19.1. The first-order valence-electron chi connectivity index (χ1n) is 9.10. The maximum Gasteiger partial charge on any atom is 0.325 e. The van der Waals surface area contributed by atoms with Gasteiger partial charge in [0.1, 0.15) is 6.54 Å². The van der Waals surface area contributed by atoms with Gasteiger partial charge in [-0.3, -0.25) is 9.59 Å². The van der Waals surface area contributed by atoms with Gasteiger partial charge in [-0.05, 0) is 25.9 Å². The Hall–Kier alpha value is -2.74. The zero-order valence-corrected chi connectivity index (χ0v) is 15.4. The summed E-state index contributed by atoms with van der Waals surface area (Å²) in [5, 5.41) is 6.64. The number of amides is 1. The second-order valence-electron chi connectivity index (χ2n) is 6.54. The van der Waals surface area contributed by atoms with E-state index < -0.39 is 5.97 Å². The van der Waals surface area contributed by atoms with E-state index in [-0.39, 0.29) is 18.4 Å². The molecule has 0 radical (unpaired) electrons. The molecule has 1 fully saturated rings. The first-order chi connectivity index (χ1) is 13.2. The first-order valence-corrected chi connectivity index (χ1v) is 9.10. The number of esters is 1. The van der Waals surface area contributed by atoms with Crippen molar-refractivity contribution in [2.45, 2.75) is 25.2 Å². The second kappa shape index (κ2) is 9.27. The van der Waals surface area contributed by atoms with Crippen molar-refractivity contribution in [3.63, 3.8) is 0 Å². The molecule has 1 aromatic carbocycles. The van der Waals surface area contributed by atoms with Gasteiger partial charge in [0, 0.05) is 24.4 Å². The predicted molar refractivity (Wildman–Crippen MR) is 97.8 cm³/mol. The number of ether oxygens (including phenoxy) is 1. The van der Waals surface area contributed by atoms with Crippen molar-refractivity contribution >= 4 is 11.9 Å². The summed E-state index contributed by atoms with van der Waals surface area (Å²) in [4.78, 5) is 29.6. The van der Waals surface area contributed by atoms with Crippen molar-refractivity contribution in [3.05, 3.63) is 36.2 Å². The Bertz CT molecular complexity index is 754. The zero-order valence-electron chi connectivity index (χ0n) is 15.4. The number of carbonyl (C=O) groups excluding carboxylic acids is 2. The summed E-state index contributed by atoms with van der Waals surface area (Å²) < 4.78 is 9.96. The van der Waals surface area contributed by atoms with Gasteiger partial charge in [-0.2, -0.15) is 4.98 Å². The molecule has 1 N–H and O–H groups in total. The Morgan fingerprint density at radius 1 is 1.26 bits per heavy atom. The molecule has 0 unspecified atom stereocenters. The van der Waals surface area contributed by atoms with Crippen molar-refractivity contribution in [1.29, 1.82) is 0 Å². The van der Waals surface area contributed by atoms with Gasteiger partial charge in [0.2, 0.25) is 17.6 Å². The number of hydrogen-bond acceptors (Lipinski definition) is 7. The lowest BCUT2D eigenvalue weighted by molar-refractivity contribution is -0.141. The molecule has 1 amide bonds. The van der Waals surface area contributed by atoms with Crippen LogP contribution in [0.5, 0.6) is 0 Å². The van der Waals surface area contributed by atoms with E-state index in [4.69, 9.17) is 4.52 Å². The minimum atomic E-state index is -0.446. The molecule has 1 aromatic heterocycles. The van der Waals surface area contributed by atoms with Crippen LogP contribution in [0.15, 0.2) is 34.9 Å². The minimum Gasteiger partial charge on any atom is -0.468 e. The lowest BCUT2D eigenvalue weighted by Gasteiger charge is -2.29. The highest BCUT2D eigenvalue weighted by Crippen LogP contribution is 2.28. The van der Waals surface area contributed by atoms with E-state index in [1.807, 2.05) is 30.3 Å². The molecule has 1 aliphatic heterocycles. The second-order valence-corrected chi connectivity index (χ2v) is 6.54. The quantitative estimate of drug-likeness (QED) is 0.737. The fraction of sp³-hybridized carbons (Fsp3) is 0.474. The van der Waals surface area contributed by atoms with Crippen LogP contribution in [0.3, 0.4) is 0 Å². The average Bonchev–Trinajstić information content (AvgIpc) is 3.21. The third-order valence-electron chi connectivity index (χ3n) is 4.72. The molecular weight excluding hydrogens is 348 g/mol. The fourth-order valence-corrected chi connectivity index (χ4v) is 3.10. The van der Waals surface area contributed by atoms with Gasteiger partial charge < -0.3 is 19.5 Å². The SMILES string of the molecule is COC(=O)CNC(=O)CCN1CCC(c2nc(-c3ccccc3)no2)CC1. The number of rotatable bonds is 7. The van der Waals surface area contributed by atoms with Crippen LogP contribution in [0.4, 0.5) is 0 Å². The molecular formula is C19H24N4O4. The number of methoxy groups -OCH3 is 1. The van der Waals surface area contributed by atoms with Crippen LogP contribution in [-0.2, 0) is 14.3 Å². The minimum absolute atomic E-state index is 0.0850. The maximum atomic E-state index is 11.8. The monoisotopic (exact) mass is 372 g/mol. The van der Waals surface area contributed by atoms with Crippen molar-refractivity contribution < 1.29 is 18.8 Å². The molecule has 0 saturated carbocycles. The van der Waals surface area contributed by atoms with E-state index in [9.17, 15) is 9.59 Å². The van der Waals surface area contributed by atoms with Gasteiger partial charge >= 0.3 is 5.97 Å². The molecule has 1 aliphatic rings. The van der Waals surface area contributed by atoms with Crippen LogP contribution in [0.1, 0.15) is 31.1 Å². The van der Waals surface area contributed by atoms with E-state index in [0.29, 0.717) is 24.7 Å². The number of likely N-dealkylation sites (tertiary alicyclic amines) is 1. The van der Waals surface area contributed by atoms with Crippen molar-refractivity contribution in [2.24, 2.45) is 0 Å². The molecule has 8 nitrogen and oxygen atoms in total. The number of benzene rings is 1. The largest absolute Gasteiger partial charge is 0.468 e. The van der Waals surface area contributed by atoms with E-state index >= 15 is 0 Å². The molecule has 27 heavy (non-hydrogen) atoms. The van der Waals surface area contributed by atoms with Crippen LogP contribution in [-0.4, -0.2) is 60.2 Å². The molecule has 3 rings (SSSR count). The number of nitrogens with one attached hydrogen (secondary N) is 1. The van der Waals surface area contributed by atoms with Crippen molar-refractivity contribution in [1.82, 2.24) is 20.4 Å². The molecule has 2 heterocycles. The van der Waals surface area contributed by atoms with Crippen LogP contribution in [0.25, 0.3) is 11.4 Å². The van der Waals surface area contributed by atoms with Crippen LogP contribution in [0.2, 0.25) is 0 Å². The average molecular weight is 372 g/mol. The summed E-state index contributed by atoms with van der Waals surface area (Å²) in [5.41, 5.74) is 0.947. The van der Waals surface area contributed by atoms with E-state index in [0.717, 1.165) is 31.5 Å². The summed E-state index contributed by atoms with van der Waals surface area (Å²) in [7, 11) is 1.30. The van der Waals surface area contributed by atoms with Gasteiger partial charge in [0.25, 0.3) is 0 Å². The van der Waals surface area contributed by atoms with Gasteiger partial charge in [0.05, 0.1) is 7.11 Å². The molecule has 2 aromatic rings. The lowest BCUT2D eigenvalue weighted by atomic mass is 9.96. The topological polar surface area (TPSA) is 97.6 Å². The Labute approximate surface area is 157 Å². The standard InChI is InChI=1S/C19H24N4O4/c1-26-17(25)13-20-16(24)9-12-23-10-7-15(8-11-23)19-21-18(22-27-19)14-5-3-2-4-6-14/h2-6,15H,7-13H2,1H3,(H,20,24). The number of nitrogens with zero attached hydrogens (tertiary/aromatic N) is 3. The Kier molecular flexibility index (Phi) is 6.54. The van der Waals surface area contributed by atoms with Gasteiger partial charge in [-0.15, -0.1) is 0 Å². The summed E-state index contributed by atoms with van der Waals surface area (Å²) >= 11 is 0. The van der Waals surface area contributed by atoms with Crippen LogP contribution in [0, 0.1) is 0 Å². The van der Waals surface area contributed by atoms with Gasteiger partial charge in [0.15, 0.2) is 0 Å². The fourth-order valence-electron chi connectivity index (χ4n) is 3.10. The molecule has 0 aliphatic carbocycles. The summed E-state index contributed by atoms with van der Waals surface area (Å²) in [6, 6.07) is 9.78. The normalized spacial score (nSPS) is 15.4. The molecule has 8 heteroatoms. The highest BCUT2D eigenvalue weighted by Gasteiger charge is 2.25. The van der Waals surface area contributed by atoms with Crippen LogP contribution < -0.4 is 5.32 Å². The third-order valence-corrected chi connectivity index (χ3v) is 4.72. The van der Waals surface area contributed by atoms with E-state index in [1.165, 1.54) is 7.11 Å². The smallest absolute Gasteiger partial charge is 0.325 e. The number of aromatic nitrogens is 2. The molecule has 144 valence electrons. The lowest BCUT2D eigenvalue weighted by Crippen LogP contribution is -2.37. The summed E-state index contributed by atoms with van der Waals surface area (Å²) in [5.74, 6) is 0.963. The number of piperidine rings is 1. The highest BCUT2D eigenvalue weighted by molar-refractivity contribution is 5.81. The van der Waals surface area contributed by atoms with E-state index in [2.05, 4.69) is 25.1 Å². The van der Waals surface area contributed by atoms with Crippen molar-refractivity contribution in [3.8, 4) is 11.4 Å². The Morgan fingerprint density at radius 2 is 2.00 bits per heavy atom. The molecule has 0 bridgehead atoms. The maximum absolute atomic E-state index is 11.8. The number of hydrogen-bond donors (Lipinski definition) is 1. The Balaban J connectivity index is 1.42. The van der Waals surface area contributed by atoms with Gasteiger partial charge in [-0.25, -0.2) is 0 Å². The summed E-state index contributed by atoms with van der Waals surface area (Å²) in [6.45, 7) is 2.33. The highest BCUT2D eigenvalue weighted by atomic mass is 16.5.